The first-order valence-electron chi connectivity index (χ1n) is 9.78. The number of carbonyl (C=O) groups excluding carboxylic acids is 2. The van der Waals surface area contributed by atoms with Crippen LogP contribution in [0.4, 0.5) is 0 Å². The zero-order valence-corrected chi connectivity index (χ0v) is 18.5. The second kappa shape index (κ2) is 8.76. The van der Waals surface area contributed by atoms with Crippen LogP contribution in [-0.2, 0) is 14.3 Å². The van der Waals surface area contributed by atoms with Gasteiger partial charge >= 0.3 is 11.9 Å². The standard InChI is InChI=1S/C24H20N2O5S/c1-14-19(23(29)31-3)20(16-7-5-4-6-8-16)26-21(27)18(32-24(26)25-14)13-15-9-11-17(12-10-15)22(28)30-2/h4-13,20H,1-3H3/t20-/m0/s1. The second-order valence-corrected chi connectivity index (χ2v) is 8.11. The number of thiazole rings is 1. The van der Waals surface area contributed by atoms with Crippen LogP contribution in [-0.4, -0.2) is 30.7 Å². The van der Waals surface area contributed by atoms with Gasteiger partial charge in [0.2, 0.25) is 0 Å². The van der Waals surface area contributed by atoms with Crippen LogP contribution in [0.5, 0.6) is 0 Å². The molecule has 0 aliphatic carbocycles. The van der Waals surface area contributed by atoms with Crippen molar-refractivity contribution in [1.29, 1.82) is 0 Å². The predicted molar refractivity (Wildman–Crippen MR) is 120 cm³/mol. The number of rotatable bonds is 4. The number of carbonyl (C=O) groups is 2. The molecule has 4 rings (SSSR count). The number of esters is 2. The Hall–Kier alpha value is -3.78. The van der Waals surface area contributed by atoms with Crippen molar-refractivity contribution in [3.63, 3.8) is 0 Å². The summed E-state index contributed by atoms with van der Waals surface area (Å²) in [6.45, 7) is 1.74. The monoisotopic (exact) mass is 448 g/mol. The van der Waals surface area contributed by atoms with E-state index in [2.05, 4.69) is 4.99 Å². The first-order valence-corrected chi connectivity index (χ1v) is 10.6. The van der Waals surface area contributed by atoms with Crippen molar-refractivity contribution in [2.24, 2.45) is 4.99 Å². The van der Waals surface area contributed by atoms with Crippen molar-refractivity contribution in [1.82, 2.24) is 4.57 Å². The van der Waals surface area contributed by atoms with Crippen molar-refractivity contribution in [2.45, 2.75) is 13.0 Å². The summed E-state index contributed by atoms with van der Waals surface area (Å²) >= 11 is 1.25. The van der Waals surface area contributed by atoms with E-state index in [0.717, 1.165) is 11.1 Å². The van der Waals surface area contributed by atoms with Gasteiger partial charge in [-0.3, -0.25) is 9.36 Å². The van der Waals surface area contributed by atoms with E-state index < -0.39 is 18.0 Å². The molecule has 0 unspecified atom stereocenters. The lowest BCUT2D eigenvalue weighted by Gasteiger charge is -2.24. The molecule has 0 fully saturated rings. The lowest BCUT2D eigenvalue weighted by Crippen LogP contribution is -2.39. The van der Waals surface area contributed by atoms with Crippen LogP contribution in [0.2, 0.25) is 0 Å². The van der Waals surface area contributed by atoms with E-state index in [0.29, 0.717) is 26.2 Å². The Morgan fingerprint density at radius 1 is 1.00 bits per heavy atom. The van der Waals surface area contributed by atoms with Gasteiger partial charge in [0.05, 0.1) is 41.6 Å². The van der Waals surface area contributed by atoms with Gasteiger partial charge < -0.3 is 9.47 Å². The lowest BCUT2D eigenvalue weighted by atomic mass is 9.96. The molecule has 3 aromatic rings. The highest BCUT2D eigenvalue weighted by atomic mass is 32.1. The summed E-state index contributed by atoms with van der Waals surface area (Å²) < 4.78 is 11.7. The zero-order valence-electron chi connectivity index (χ0n) is 17.7. The van der Waals surface area contributed by atoms with Gasteiger partial charge in [-0.25, -0.2) is 14.6 Å². The van der Waals surface area contributed by atoms with Gasteiger partial charge in [-0.1, -0.05) is 53.8 Å². The van der Waals surface area contributed by atoms with E-state index in [1.807, 2.05) is 30.3 Å². The number of hydrogen-bond donors (Lipinski definition) is 0. The SMILES string of the molecule is COC(=O)C1=C(C)N=c2sc(=Cc3ccc(C(=O)OC)cc3)c(=O)n2[C@H]1c1ccccc1. The molecule has 0 saturated heterocycles. The molecule has 2 heterocycles. The Morgan fingerprint density at radius 3 is 2.28 bits per heavy atom. The molecule has 0 radical (unpaired) electrons. The quantitative estimate of drug-likeness (QED) is 0.571. The third-order valence-corrected chi connectivity index (χ3v) is 6.15. The van der Waals surface area contributed by atoms with E-state index in [1.165, 1.54) is 30.1 Å². The van der Waals surface area contributed by atoms with E-state index in [-0.39, 0.29) is 5.56 Å². The van der Waals surface area contributed by atoms with Gasteiger partial charge in [0, 0.05) is 0 Å². The Bertz CT molecular complexity index is 1400. The lowest BCUT2D eigenvalue weighted by molar-refractivity contribution is -0.136. The molecule has 1 aromatic heterocycles. The van der Waals surface area contributed by atoms with Crippen molar-refractivity contribution in [2.75, 3.05) is 14.2 Å². The van der Waals surface area contributed by atoms with Crippen LogP contribution in [0.1, 0.15) is 34.5 Å². The van der Waals surface area contributed by atoms with Crippen LogP contribution in [0.15, 0.2) is 75.7 Å². The molecular formula is C24H20N2O5S. The Morgan fingerprint density at radius 2 is 1.66 bits per heavy atom. The number of benzene rings is 2. The average molecular weight is 449 g/mol. The molecule has 0 N–H and O–H groups in total. The molecule has 0 spiro atoms. The van der Waals surface area contributed by atoms with E-state index >= 15 is 0 Å². The first-order chi connectivity index (χ1) is 15.4. The maximum absolute atomic E-state index is 13.4. The number of hydrogen-bond acceptors (Lipinski definition) is 7. The molecule has 0 amide bonds. The predicted octanol–water partition coefficient (Wildman–Crippen LogP) is 2.19. The molecule has 0 saturated carbocycles. The van der Waals surface area contributed by atoms with Crippen LogP contribution < -0.4 is 14.9 Å². The summed E-state index contributed by atoms with van der Waals surface area (Å²) in [5.41, 5.74) is 2.56. The molecule has 7 nitrogen and oxygen atoms in total. The third kappa shape index (κ3) is 3.80. The minimum atomic E-state index is -0.635. The molecule has 1 atom stereocenters. The average Bonchev–Trinajstić information content (AvgIpc) is 3.12. The summed E-state index contributed by atoms with van der Waals surface area (Å²) in [6.07, 6.45) is 1.74. The zero-order chi connectivity index (χ0) is 22.8. The number of methoxy groups -OCH3 is 2. The molecule has 162 valence electrons. The van der Waals surface area contributed by atoms with Crippen molar-refractivity contribution >= 4 is 29.4 Å². The Kier molecular flexibility index (Phi) is 5.87. The molecule has 1 aliphatic heterocycles. The van der Waals surface area contributed by atoms with E-state index in [1.54, 1.807) is 37.3 Å². The van der Waals surface area contributed by atoms with Crippen molar-refractivity contribution < 1.29 is 19.1 Å². The fourth-order valence-electron chi connectivity index (χ4n) is 3.63. The molecular weight excluding hydrogens is 428 g/mol. The number of fused-ring (bicyclic) bond motifs is 1. The van der Waals surface area contributed by atoms with Gasteiger partial charge in [-0.05, 0) is 36.3 Å². The van der Waals surface area contributed by atoms with Gasteiger partial charge in [0.15, 0.2) is 4.80 Å². The summed E-state index contributed by atoms with van der Waals surface area (Å²) in [5, 5.41) is 0. The maximum Gasteiger partial charge on any atom is 0.338 e. The summed E-state index contributed by atoms with van der Waals surface area (Å²) in [6, 6.07) is 15.5. The van der Waals surface area contributed by atoms with E-state index in [4.69, 9.17) is 9.47 Å². The highest BCUT2D eigenvalue weighted by Crippen LogP contribution is 2.30. The molecule has 32 heavy (non-hydrogen) atoms. The van der Waals surface area contributed by atoms with Gasteiger partial charge in [-0.2, -0.15) is 0 Å². The Balaban J connectivity index is 1.88. The highest BCUT2D eigenvalue weighted by Gasteiger charge is 2.32. The number of allylic oxidation sites excluding steroid dienone is 1. The molecule has 1 aliphatic rings. The van der Waals surface area contributed by atoms with Gasteiger partial charge in [0.25, 0.3) is 5.56 Å². The van der Waals surface area contributed by atoms with Crippen LogP contribution in [0, 0.1) is 0 Å². The van der Waals surface area contributed by atoms with Gasteiger partial charge in [0.1, 0.15) is 0 Å². The second-order valence-electron chi connectivity index (χ2n) is 7.10. The summed E-state index contributed by atoms with van der Waals surface area (Å²) in [4.78, 5) is 42.7. The van der Waals surface area contributed by atoms with Crippen LogP contribution in [0.3, 0.4) is 0 Å². The smallest absolute Gasteiger partial charge is 0.338 e. The van der Waals surface area contributed by atoms with Gasteiger partial charge in [-0.15, -0.1) is 0 Å². The topological polar surface area (TPSA) is 87.0 Å². The largest absolute Gasteiger partial charge is 0.466 e. The van der Waals surface area contributed by atoms with Crippen LogP contribution >= 0.6 is 11.3 Å². The Labute approximate surface area is 187 Å². The fraction of sp³-hybridized carbons (Fsp3) is 0.167. The maximum atomic E-state index is 13.4. The molecule has 2 aromatic carbocycles. The minimum Gasteiger partial charge on any atom is -0.466 e. The third-order valence-electron chi connectivity index (χ3n) is 5.17. The van der Waals surface area contributed by atoms with Crippen molar-refractivity contribution in [3.8, 4) is 0 Å². The van der Waals surface area contributed by atoms with E-state index in [9.17, 15) is 14.4 Å². The fourth-order valence-corrected chi connectivity index (χ4v) is 4.67. The number of nitrogens with zero attached hydrogens (tertiary/aromatic N) is 2. The van der Waals surface area contributed by atoms with Crippen LogP contribution in [0.25, 0.3) is 6.08 Å². The molecule has 8 heteroatoms. The first kappa shape index (κ1) is 21.5. The molecule has 0 bridgehead atoms. The highest BCUT2D eigenvalue weighted by molar-refractivity contribution is 7.07. The summed E-state index contributed by atoms with van der Waals surface area (Å²) in [5.74, 6) is -0.947. The normalized spacial score (nSPS) is 15.7. The summed E-state index contributed by atoms with van der Waals surface area (Å²) in [7, 11) is 2.64. The van der Waals surface area contributed by atoms with Crippen molar-refractivity contribution in [3.05, 3.63) is 102 Å². The minimum absolute atomic E-state index is 0.256. The number of aromatic nitrogens is 1. The number of ether oxygens (including phenoxy) is 2.